The lowest BCUT2D eigenvalue weighted by Crippen LogP contribution is -2.16. The predicted molar refractivity (Wildman–Crippen MR) is 63.2 cm³/mol. The quantitative estimate of drug-likeness (QED) is 0.870. The third kappa shape index (κ3) is 2.28. The van der Waals surface area contributed by atoms with E-state index in [0.717, 1.165) is 30.0 Å². The van der Waals surface area contributed by atoms with Gasteiger partial charge in [0, 0.05) is 24.0 Å². The predicted octanol–water partition coefficient (Wildman–Crippen LogP) is 1.31. The first-order chi connectivity index (χ1) is 7.70. The Morgan fingerprint density at radius 3 is 3.00 bits per heavy atom. The molecule has 0 radical (unpaired) electrons. The Kier molecular flexibility index (Phi) is 3.31. The van der Waals surface area contributed by atoms with Gasteiger partial charge in [-0.05, 0) is 31.4 Å². The molecule has 86 valence electrons. The second-order valence-electron chi connectivity index (χ2n) is 3.73. The molecule has 2 heterocycles. The van der Waals surface area contributed by atoms with Gasteiger partial charge >= 0.3 is 0 Å². The van der Waals surface area contributed by atoms with Gasteiger partial charge in [-0.3, -0.25) is 4.68 Å². The molecule has 16 heavy (non-hydrogen) atoms. The highest BCUT2D eigenvalue weighted by Crippen LogP contribution is 2.15. The fraction of sp³-hybridized carbons (Fsp3) is 0.500. The van der Waals surface area contributed by atoms with Crippen LogP contribution in [0.25, 0.3) is 0 Å². The summed E-state index contributed by atoms with van der Waals surface area (Å²) in [5.41, 5.74) is 9.10. The van der Waals surface area contributed by atoms with Gasteiger partial charge in [-0.1, -0.05) is 4.49 Å². The highest BCUT2D eigenvalue weighted by Gasteiger charge is 2.13. The van der Waals surface area contributed by atoms with E-state index >= 15 is 0 Å². The molecule has 5 nitrogen and oxygen atoms in total. The SMILES string of the molecule is CCn1nc(C)cc1CC(N)c1csnn1. The highest BCUT2D eigenvalue weighted by molar-refractivity contribution is 7.03. The summed E-state index contributed by atoms with van der Waals surface area (Å²) in [6.45, 7) is 4.93. The number of nitrogens with two attached hydrogens (primary N) is 1. The molecule has 0 aliphatic heterocycles. The molecule has 2 rings (SSSR count). The fourth-order valence-electron chi connectivity index (χ4n) is 1.70. The van der Waals surface area contributed by atoms with Gasteiger partial charge in [0.1, 0.15) is 0 Å². The van der Waals surface area contributed by atoms with Crippen LogP contribution in [-0.2, 0) is 13.0 Å². The van der Waals surface area contributed by atoms with Crippen LogP contribution in [0.1, 0.15) is 30.0 Å². The zero-order chi connectivity index (χ0) is 11.5. The lowest BCUT2D eigenvalue weighted by molar-refractivity contribution is 0.581. The molecule has 0 aliphatic carbocycles. The minimum atomic E-state index is -0.0971. The minimum Gasteiger partial charge on any atom is -0.322 e. The molecular formula is C10H15N5S. The third-order valence-electron chi connectivity index (χ3n) is 2.47. The molecule has 0 fully saturated rings. The van der Waals surface area contributed by atoms with Gasteiger partial charge in [0.25, 0.3) is 0 Å². The second-order valence-corrected chi connectivity index (χ2v) is 4.34. The molecule has 0 amide bonds. The lowest BCUT2D eigenvalue weighted by Gasteiger charge is -2.09. The summed E-state index contributed by atoms with van der Waals surface area (Å²) in [7, 11) is 0. The van der Waals surface area contributed by atoms with Gasteiger partial charge in [0.15, 0.2) is 0 Å². The second kappa shape index (κ2) is 4.71. The number of aromatic nitrogens is 4. The normalized spacial score (nSPS) is 12.9. The van der Waals surface area contributed by atoms with E-state index in [4.69, 9.17) is 5.73 Å². The van der Waals surface area contributed by atoms with Crippen molar-refractivity contribution in [3.8, 4) is 0 Å². The minimum absolute atomic E-state index is 0.0971. The maximum Gasteiger partial charge on any atom is 0.0926 e. The van der Waals surface area contributed by atoms with Crippen LogP contribution in [0.2, 0.25) is 0 Å². The van der Waals surface area contributed by atoms with Gasteiger partial charge in [-0.2, -0.15) is 5.10 Å². The zero-order valence-corrected chi connectivity index (χ0v) is 10.2. The van der Waals surface area contributed by atoms with E-state index in [1.807, 2.05) is 17.0 Å². The van der Waals surface area contributed by atoms with Crippen LogP contribution in [0, 0.1) is 6.92 Å². The van der Waals surface area contributed by atoms with Gasteiger partial charge in [0.05, 0.1) is 17.4 Å². The average molecular weight is 237 g/mol. The van der Waals surface area contributed by atoms with Gasteiger partial charge in [-0.25, -0.2) is 0 Å². The van der Waals surface area contributed by atoms with Crippen LogP contribution in [0.4, 0.5) is 0 Å². The molecule has 0 spiro atoms. The monoisotopic (exact) mass is 237 g/mol. The molecule has 0 saturated carbocycles. The first kappa shape index (κ1) is 11.2. The van der Waals surface area contributed by atoms with Crippen LogP contribution in [0.15, 0.2) is 11.4 Å². The average Bonchev–Trinajstić information content (AvgIpc) is 2.87. The Hall–Kier alpha value is -1.27. The molecule has 6 heteroatoms. The number of hydrogen-bond donors (Lipinski definition) is 1. The fourth-order valence-corrected chi connectivity index (χ4v) is 2.22. The maximum absolute atomic E-state index is 6.07. The Bertz CT molecular complexity index is 448. The van der Waals surface area contributed by atoms with Crippen LogP contribution < -0.4 is 5.73 Å². The van der Waals surface area contributed by atoms with Crippen molar-refractivity contribution in [2.24, 2.45) is 5.73 Å². The highest BCUT2D eigenvalue weighted by atomic mass is 32.1. The summed E-state index contributed by atoms with van der Waals surface area (Å²) in [4.78, 5) is 0. The van der Waals surface area contributed by atoms with Crippen molar-refractivity contribution in [3.05, 3.63) is 28.5 Å². The van der Waals surface area contributed by atoms with E-state index in [-0.39, 0.29) is 6.04 Å². The van der Waals surface area contributed by atoms with Crippen molar-refractivity contribution < 1.29 is 0 Å². The number of aryl methyl sites for hydroxylation is 2. The smallest absolute Gasteiger partial charge is 0.0926 e. The first-order valence-electron chi connectivity index (χ1n) is 5.26. The van der Waals surface area contributed by atoms with Gasteiger partial charge in [-0.15, -0.1) is 5.10 Å². The van der Waals surface area contributed by atoms with Crippen molar-refractivity contribution in [1.82, 2.24) is 19.4 Å². The Morgan fingerprint density at radius 1 is 1.56 bits per heavy atom. The van der Waals surface area contributed by atoms with Crippen LogP contribution >= 0.6 is 11.5 Å². The Labute approximate surface area is 98.4 Å². The van der Waals surface area contributed by atoms with Crippen molar-refractivity contribution in [2.75, 3.05) is 0 Å². The Balaban J connectivity index is 2.14. The number of hydrogen-bond acceptors (Lipinski definition) is 5. The molecule has 1 unspecified atom stereocenters. The lowest BCUT2D eigenvalue weighted by atomic mass is 10.1. The third-order valence-corrected chi connectivity index (χ3v) is 2.99. The van der Waals surface area contributed by atoms with Crippen molar-refractivity contribution in [1.29, 1.82) is 0 Å². The molecule has 0 bridgehead atoms. The molecular weight excluding hydrogens is 222 g/mol. The molecule has 1 atom stereocenters. The molecule has 0 aromatic carbocycles. The maximum atomic E-state index is 6.07. The van der Waals surface area contributed by atoms with E-state index in [9.17, 15) is 0 Å². The molecule has 0 aliphatic rings. The van der Waals surface area contributed by atoms with Crippen molar-refractivity contribution in [3.63, 3.8) is 0 Å². The van der Waals surface area contributed by atoms with E-state index in [1.54, 1.807) is 0 Å². The summed E-state index contributed by atoms with van der Waals surface area (Å²) < 4.78 is 5.80. The Morgan fingerprint density at radius 2 is 2.38 bits per heavy atom. The summed E-state index contributed by atoms with van der Waals surface area (Å²) in [6.07, 6.45) is 0.750. The summed E-state index contributed by atoms with van der Waals surface area (Å²) in [6, 6.07) is 1.98. The molecule has 2 aromatic heterocycles. The van der Waals surface area contributed by atoms with E-state index in [2.05, 4.69) is 27.7 Å². The summed E-state index contributed by atoms with van der Waals surface area (Å²) in [5, 5.41) is 10.3. The van der Waals surface area contributed by atoms with Gasteiger partial charge < -0.3 is 5.73 Å². The van der Waals surface area contributed by atoms with E-state index in [0.29, 0.717) is 0 Å². The van der Waals surface area contributed by atoms with Crippen LogP contribution in [0.3, 0.4) is 0 Å². The van der Waals surface area contributed by atoms with E-state index in [1.165, 1.54) is 11.5 Å². The standard InChI is InChI=1S/C10H15N5S/c1-3-15-8(4-7(2)13-15)5-9(11)10-6-16-14-12-10/h4,6,9H,3,5,11H2,1-2H3. The summed E-state index contributed by atoms with van der Waals surface area (Å²) >= 11 is 1.33. The number of rotatable bonds is 4. The topological polar surface area (TPSA) is 69.6 Å². The van der Waals surface area contributed by atoms with Crippen molar-refractivity contribution in [2.45, 2.75) is 32.9 Å². The number of nitrogens with zero attached hydrogens (tertiary/aromatic N) is 4. The molecule has 0 saturated heterocycles. The van der Waals surface area contributed by atoms with Crippen LogP contribution in [0.5, 0.6) is 0 Å². The van der Waals surface area contributed by atoms with Gasteiger partial charge in [0.2, 0.25) is 0 Å². The molecule has 2 aromatic rings. The largest absolute Gasteiger partial charge is 0.322 e. The zero-order valence-electron chi connectivity index (χ0n) is 9.42. The van der Waals surface area contributed by atoms with Crippen LogP contribution in [-0.4, -0.2) is 19.4 Å². The summed E-state index contributed by atoms with van der Waals surface area (Å²) in [5.74, 6) is 0. The van der Waals surface area contributed by atoms with Crippen molar-refractivity contribution >= 4 is 11.5 Å². The first-order valence-corrected chi connectivity index (χ1v) is 6.10. The van der Waals surface area contributed by atoms with E-state index < -0.39 is 0 Å². The molecule has 2 N–H and O–H groups in total.